The van der Waals surface area contributed by atoms with Crippen LogP contribution in [0.2, 0.25) is 5.02 Å². The highest BCUT2D eigenvalue weighted by Crippen LogP contribution is 2.39. The van der Waals surface area contributed by atoms with Gasteiger partial charge in [0.05, 0.1) is 17.3 Å². The Hall–Kier alpha value is -1.67. The van der Waals surface area contributed by atoms with E-state index in [-0.39, 0.29) is 6.10 Å². The van der Waals surface area contributed by atoms with Crippen LogP contribution in [-0.4, -0.2) is 6.54 Å². The number of benzene rings is 2. The number of ether oxygens (including phenoxy) is 1. The van der Waals surface area contributed by atoms with Gasteiger partial charge in [-0.15, -0.1) is 0 Å². The van der Waals surface area contributed by atoms with Crippen molar-refractivity contribution >= 4 is 17.3 Å². The molecule has 0 aliphatic carbocycles. The van der Waals surface area contributed by atoms with Crippen LogP contribution in [-0.2, 0) is 6.42 Å². The molecule has 3 heteroatoms. The number of rotatable bonds is 3. The van der Waals surface area contributed by atoms with E-state index in [1.807, 2.05) is 18.2 Å². The van der Waals surface area contributed by atoms with Crippen LogP contribution in [0.5, 0.6) is 5.75 Å². The molecule has 0 amide bonds. The Bertz CT molecular complexity index is 594. The van der Waals surface area contributed by atoms with Crippen LogP contribution in [0.4, 0.5) is 5.69 Å². The number of para-hydroxylation sites is 1. The van der Waals surface area contributed by atoms with Crippen molar-refractivity contribution in [2.45, 2.75) is 25.9 Å². The van der Waals surface area contributed by atoms with Crippen molar-refractivity contribution in [1.29, 1.82) is 0 Å². The van der Waals surface area contributed by atoms with E-state index in [1.165, 1.54) is 17.5 Å². The summed E-state index contributed by atoms with van der Waals surface area (Å²) < 4.78 is 6.05. The number of aryl methyl sites for hydroxylation is 1. The Balaban J connectivity index is 1.81. The lowest BCUT2D eigenvalue weighted by Gasteiger charge is -2.28. The average molecular weight is 288 g/mol. The summed E-state index contributed by atoms with van der Waals surface area (Å²) in [6.45, 7) is 2.96. The van der Waals surface area contributed by atoms with Crippen LogP contribution in [0.3, 0.4) is 0 Å². The number of hydrogen-bond donors (Lipinski definition) is 1. The molecule has 1 aliphatic heterocycles. The summed E-state index contributed by atoms with van der Waals surface area (Å²) in [5, 5.41) is 4.04. The molecule has 1 atom stereocenters. The lowest BCUT2D eigenvalue weighted by molar-refractivity contribution is 0.210. The monoisotopic (exact) mass is 287 g/mol. The molecule has 1 aliphatic rings. The second-order valence-electron chi connectivity index (χ2n) is 5.10. The summed E-state index contributed by atoms with van der Waals surface area (Å²) in [6.07, 6.45) is 2.31. The number of hydrogen-bond acceptors (Lipinski definition) is 2. The molecule has 1 N–H and O–H groups in total. The van der Waals surface area contributed by atoms with E-state index in [0.29, 0.717) is 5.02 Å². The molecule has 0 aromatic heterocycles. The van der Waals surface area contributed by atoms with Crippen molar-refractivity contribution < 1.29 is 4.74 Å². The summed E-state index contributed by atoms with van der Waals surface area (Å²) in [4.78, 5) is 0. The first-order valence-electron chi connectivity index (χ1n) is 7.06. The number of anilines is 1. The third kappa shape index (κ3) is 2.61. The first kappa shape index (κ1) is 13.3. The maximum Gasteiger partial charge on any atom is 0.161 e. The molecule has 0 bridgehead atoms. The zero-order valence-corrected chi connectivity index (χ0v) is 12.3. The van der Waals surface area contributed by atoms with Gasteiger partial charge in [-0.05, 0) is 29.7 Å². The fraction of sp³-hybridized carbons (Fsp3) is 0.294. The average Bonchev–Trinajstić information content (AvgIpc) is 2.49. The Morgan fingerprint density at radius 1 is 1.20 bits per heavy atom. The smallest absolute Gasteiger partial charge is 0.161 e. The molecule has 0 fully saturated rings. The van der Waals surface area contributed by atoms with Crippen LogP contribution < -0.4 is 10.1 Å². The standard InChI is InChI=1S/C17H18ClNO/c1-2-4-12-7-9-13(10-8-12)16-11-19-15-6-3-5-14(18)17(15)20-16/h3,5-10,16,19H,2,4,11H2,1H3. The van der Waals surface area contributed by atoms with Crippen molar-refractivity contribution in [3.63, 3.8) is 0 Å². The Kier molecular flexibility index (Phi) is 3.83. The molecule has 0 saturated heterocycles. The van der Waals surface area contributed by atoms with Crippen LogP contribution in [0.1, 0.15) is 30.6 Å². The zero-order valence-electron chi connectivity index (χ0n) is 11.5. The Morgan fingerprint density at radius 3 is 2.75 bits per heavy atom. The summed E-state index contributed by atoms with van der Waals surface area (Å²) in [6, 6.07) is 14.4. The van der Waals surface area contributed by atoms with E-state index in [0.717, 1.165) is 24.4 Å². The minimum absolute atomic E-state index is 0.0121. The largest absolute Gasteiger partial charge is 0.480 e. The Morgan fingerprint density at radius 2 is 2.00 bits per heavy atom. The third-order valence-electron chi connectivity index (χ3n) is 3.60. The lowest BCUT2D eigenvalue weighted by Crippen LogP contribution is -2.23. The van der Waals surface area contributed by atoms with Gasteiger partial charge in [-0.1, -0.05) is 55.3 Å². The molecule has 2 aromatic rings. The fourth-order valence-electron chi connectivity index (χ4n) is 2.53. The van der Waals surface area contributed by atoms with Crippen molar-refractivity contribution in [2.75, 3.05) is 11.9 Å². The van der Waals surface area contributed by atoms with E-state index in [9.17, 15) is 0 Å². The van der Waals surface area contributed by atoms with Crippen LogP contribution in [0, 0.1) is 0 Å². The highest BCUT2D eigenvalue weighted by atomic mass is 35.5. The quantitative estimate of drug-likeness (QED) is 0.872. The molecule has 0 radical (unpaired) electrons. The summed E-state index contributed by atoms with van der Waals surface area (Å²) in [7, 11) is 0. The number of fused-ring (bicyclic) bond motifs is 1. The molecule has 2 aromatic carbocycles. The predicted octanol–water partition coefficient (Wildman–Crippen LogP) is 4.84. The van der Waals surface area contributed by atoms with E-state index >= 15 is 0 Å². The van der Waals surface area contributed by atoms with E-state index in [1.54, 1.807) is 0 Å². The van der Waals surface area contributed by atoms with Crippen molar-refractivity contribution in [1.82, 2.24) is 0 Å². The van der Waals surface area contributed by atoms with Gasteiger partial charge in [0.2, 0.25) is 0 Å². The fourth-order valence-corrected chi connectivity index (χ4v) is 2.75. The molecular formula is C17H18ClNO. The first-order valence-corrected chi connectivity index (χ1v) is 7.43. The van der Waals surface area contributed by atoms with E-state index in [4.69, 9.17) is 16.3 Å². The molecular weight excluding hydrogens is 270 g/mol. The van der Waals surface area contributed by atoms with Gasteiger partial charge in [-0.25, -0.2) is 0 Å². The SMILES string of the molecule is CCCc1ccc(C2CNc3cccc(Cl)c3O2)cc1. The van der Waals surface area contributed by atoms with Gasteiger partial charge in [0, 0.05) is 0 Å². The summed E-state index contributed by atoms with van der Waals surface area (Å²) >= 11 is 6.20. The third-order valence-corrected chi connectivity index (χ3v) is 3.89. The van der Waals surface area contributed by atoms with Crippen LogP contribution in [0.25, 0.3) is 0 Å². The molecule has 3 rings (SSSR count). The number of nitrogens with one attached hydrogen (secondary N) is 1. The van der Waals surface area contributed by atoms with Gasteiger partial charge in [-0.3, -0.25) is 0 Å². The van der Waals surface area contributed by atoms with Gasteiger partial charge < -0.3 is 10.1 Å². The minimum atomic E-state index is 0.0121. The minimum Gasteiger partial charge on any atom is -0.480 e. The van der Waals surface area contributed by atoms with Crippen molar-refractivity contribution in [2.24, 2.45) is 0 Å². The van der Waals surface area contributed by atoms with Crippen molar-refractivity contribution in [3.05, 3.63) is 58.6 Å². The highest BCUT2D eigenvalue weighted by Gasteiger charge is 2.22. The lowest BCUT2D eigenvalue weighted by atomic mass is 10.0. The Labute approximate surface area is 124 Å². The predicted molar refractivity (Wildman–Crippen MR) is 83.7 cm³/mol. The van der Waals surface area contributed by atoms with Crippen molar-refractivity contribution in [3.8, 4) is 5.75 Å². The first-order chi connectivity index (χ1) is 9.78. The zero-order chi connectivity index (χ0) is 13.9. The second-order valence-corrected chi connectivity index (χ2v) is 5.50. The normalized spacial score (nSPS) is 17.0. The molecule has 1 heterocycles. The van der Waals surface area contributed by atoms with E-state index < -0.39 is 0 Å². The van der Waals surface area contributed by atoms with Crippen LogP contribution in [0.15, 0.2) is 42.5 Å². The molecule has 104 valence electrons. The van der Waals surface area contributed by atoms with Gasteiger partial charge in [0.15, 0.2) is 5.75 Å². The maximum atomic E-state index is 6.20. The second kappa shape index (κ2) is 5.76. The topological polar surface area (TPSA) is 21.3 Å². The molecule has 20 heavy (non-hydrogen) atoms. The van der Waals surface area contributed by atoms with Gasteiger partial charge in [-0.2, -0.15) is 0 Å². The summed E-state index contributed by atoms with van der Waals surface area (Å²) in [5.41, 5.74) is 3.53. The molecule has 2 nitrogen and oxygen atoms in total. The highest BCUT2D eigenvalue weighted by molar-refractivity contribution is 6.32. The van der Waals surface area contributed by atoms with E-state index in [2.05, 4.69) is 36.5 Å². The van der Waals surface area contributed by atoms with Gasteiger partial charge >= 0.3 is 0 Å². The van der Waals surface area contributed by atoms with Gasteiger partial charge in [0.25, 0.3) is 0 Å². The molecule has 0 saturated carbocycles. The molecule has 0 spiro atoms. The van der Waals surface area contributed by atoms with Crippen LogP contribution >= 0.6 is 11.6 Å². The number of halogens is 1. The summed E-state index contributed by atoms with van der Waals surface area (Å²) in [5.74, 6) is 0.753. The molecule has 1 unspecified atom stereocenters. The maximum absolute atomic E-state index is 6.20. The van der Waals surface area contributed by atoms with Gasteiger partial charge in [0.1, 0.15) is 6.10 Å².